The number of rotatable bonds is 7. The van der Waals surface area contributed by atoms with Gasteiger partial charge in [-0.25, -0.2) is 4.98 Å². The number of benzene rings is 2. The molecule has 0 atom stereocenters. The smallest absolute Gasteiger partial charge is 0.0958 e. The maximum atomic E-state index is 4.52. The Morgan fingerprint density at radius 1 is 1.00 bits per heavy atom. The quantitative estimate of drug-likeness (QED) is 0.671. The molecule has 1 heterocycles. The summed E-state index contributed by atoms with van der Waals surface area (Å²) in [6.45, 7) is 7.39. The van der Waals surface area contributed by atoms with Gasteiger partial charge in [0.05, 0.1) is 17.4 Å². The van der Waals surface area contributed by atoms with Crippen LogP contribution in [0.25, 0.3) is 11.0 Å². The van der Waals surface area contributed by atoms with Crippen molar-refractivity contribution in [2.75, 3.05) is 13.1 Å². The molecule has 0 saturated carbocycles. The van der Waals surface area contributed by atoms with Gasteiger partial charge in [-0.2, -0.15) is 0 Å². The van der Waals surface area contributed by atoms with Crippen molar-refractivity contribution >= 4 is 11.0 Å². The van der Waals surface area contributed by atoms with E-state index >= 15 is 0 Å². The summed E-state index contributed by atoms with van der Waals surface area (Å²) in [4.78, 5) is 4.52. The molecule has 0 bridgehead atoms. The van der Waals surface area contributed by atoms with E-state index in [1.54, 1.807) is 0 Å². The normalized spacial score (nSPS) is 11.2. The highest BCUT2D eigenvalue weighted by molar-refractivity contribution is 5.77. The van der Waals surface area contributed by atoms with Crippen LogP contribution in [0.1, 0.15) is 23.1 Å². The lowest BCUT2D eigenvalue weighted by molar-refractivity contribution is 0.589. The first-order chi connectivity index (χ1) is 11.2. The fourth-order valence-corrected chi connectivity index (χ4v) is 2.87. The third kappa shape index (κ3) is 3.99. The first-order valence-electron chi connectivity index (χ1n) is 8.41. The summed E-state index contributed by atoms with van der Waals surface area (Å²) in [7, 11) is 0. The van der Waals surface area contributed by atoms with Gasteiger partial charge in [-0.1, -0.05) is 30.3 Å². The molecule has 23 heavy (non-hydrogen) atoms. The van der Waals surface area contributed by atoms with Crippen molar-refractivity contribution in [1.82, 2.24) is 14.9 Å². The van der Waals surface area contributed by atoms with E-state index in [-0.39, 0.29) is 0 Å². The van der Waals surface area contributed by atoms with Crippen molar-refractivity contribution in [1.29, 1.82) is 0 Å². The zero-order chi connectivity index (χ0) is 16.1. The van der Waals surface area contributed by atoms with E-state index in [0.717, 1.165) is 38.0 Å². The van der Waals surface area contributed by atoms with Crippen LogP contribution in [0.2, 0.25) is 0 Å². The average Bonchev–Trinajstić information content (AvgIpc) is 2.94. The first-order valence-corrected chi connectivity index (χ1v) is 8.41. The average molecular weight is 307 g/mol. The molecular weight excluding hydrogens is 282 g/mol. The minimum atomic E-state index is 1.01. The molecule has 3 heteroatoms. The maximum absolute atomic E-state index is 4.52. The number of nitrogens with zero attached hydrogens (tertiary/aromatic N) is 2. The van der Waals surface area contributed by atoms with Crippen molar-refractivity contribution < 1.29 is 0 Å². The van der Waals surface area contributed by atoms with Gasteiger partial charge in [-0.05, 0) is 68.6 Å². The van der Waals surface area contributed by atoms with E-state index in [9.17, 15) is 0 Å². The molecule has 3 aromatic rings. The summed E-state index contributed by atoms with van der Waals surface area (Å²) >= 11 is 0. The minimum absolute atomic E-state index is 1.01. The molecule has 1 N–H and O–H groups in total. The molecule has 0 aliphatic rings. The summed E-state index contributed by atoms with van der Waals surface area (Å²) in [5.41, 5.74) is 6.39. The van der Waals surface area contributed by atoms with E-state index in [4.69, 9.17) is 0 Å². The number of aryl methyl sites for hydroxylation is 3. The van der Waals surface area contributed by atoms with Gasteiger partial charge >= 0.3 is 0 Å². The van der Waals surface area contributed by atoms with Crippen LogP contribution in [0.4, 0.5) is 0 Å². The molecule has 1 aromatic heterocycles. The van der Waals surface area contributed by atoms with E-state index < -0.39 is 0 Å². The molecular formula is C20H25N3. The van der Waals surface area contributed by atoms with Crippen molar-refractivity contribution in [3.05, 3.63) is 65.5 Å². The number of hydrogen-bond donors (Lipinski definition) is 1. The molecule has 2 aromatic carbocycles. The molecule has 0 amide bonds. The standard InChI is InChI=1S/C20H25N3/c1-16-13-19-20(14-17(16)2)23(15-22-19)12-6-10-21-11-9-18-7-4-3-5-8-18/h3-5,7-8,13-15,21H,6,9-12H2,1-2H3. The van der Waals surface area contributed by atoms with E-state index in [2.05, 4.69) is 71.2 Å². The Morgan fingerprint density at radius 2 is 1.78 bits per heavy atom. The zero-order valence-corrected chi connectivity index (χ0v) is 14.0. The highest BCUT2D eigenvalue weighted by Gasteiger charge is 2.04. The molecule has 3 rings (SSSR count). The number of aromatic nitrogens is 2. The lowest BCUT2D eigenvalue weighted by Crippen LogP contribution is -2.19. The van der Waals surface area contributed by atoms with E-state index in [0.29, 0.717) is 0 Å². The second-order valence-corrected chi connectivity index (χ2v) is 6.20. The molecule has 0 saturated heterocycles. The number of imidazole rings is 1. The van der Waals surface area contributed by atoms with Crippen LogP contribution in [0.5, 0.6) is 0 Å². The largest absolute Gasteiger partial charge is 0.331 e. The Labute approximate surface area is 138 Å². The molecule has 0 unspecified atom stereocenters. The minimum Gasteiger partial charge on any atom is -0.331 e. The molecule has 0 spiro atoms. The third-order valence-electron chi connectivity index (χ3n) is 4.42. The van der Waals surface area contributed by atoms with Crippen LogP contribution in [0.3, 0.4) is 0 Å². The van der Waals surface area contributed by atoms with Gasteiger partial charge in [0.1, 0.15) is 0 Å². The van der Waals surface area contributed by atoms with Crippen molar-refractivity contribution in [2.24, 2.45) is 0 Å². The summed E-state index contributed by atoms with van der Waals surface area (Å²) in [5, 5.41) is 3.53. The number of hydrogen-bond acceptors (Lipinski definition) is 2. The van der Waals surface area contributed by atoms with Crippen molar-refractivity contribution in [3.8, 4) is 0 Å². The first kappa shape index (κ1) is 15.8. The van der Waals surface area contributed by atoms with E-state index in [1.165, 1.54) is 22.2 Å². The van der Waals surface area contributed by atoms with Gasteiger partial charge in [0, 0.05) is 6.54 Å². The van der Waals surface area contributed by atoms with Gasteiger partial charge in [-0.3, -0.25) is 0 Å². The van der Waals surface area contributed by atoms with Gasteiger partial charge in [0.25, 0.3) is 0 Å². The van der Waals surface area contributed by atoms with Crippen LogP contribution in [-0.2, 0) is 13.0 Å². The maximum Gasteiger partial charge on any atom is 0.0958 e. The predicted octanol–water partition coefficient (Wildman–Crippen LogP) is 3.88. The lowest BCUT2D eigenvalue weighted by Gasteiger charge is -2.07. The highest BCUT2D eigenvalue weighted by atomic mass is 15.0. The summed E-state index contributed by atoms with van der Waals surface area (Å²) in [5.74, 6) is 0. The molecule has 0 radical (unpaired) electrons. The fraction of sp³-hybridized carbons (Fsp3) is 0.350. The van der Waals surface area contributed by atoms with Crippen LogP contribution >= 0.6 is 0 Å². The van der Waals surface area contributed by atoms with Gasteiger partial charge in [-0.15, -0.1) is 0 Å². The monoisotopic (exact) mass is 307 g/mol. The van der Waals surface area contributed by atoms with Crippen LogP contribution < -0.4 is 5.32 Å². The number of fused-ring (bicyclic) bond motifs is 1. The second kappa shape index (κ2) is 7.42. The Morgan fingerprint density at radius 3 is 2.61 bits per heavy atom. The molecule has 3 nitrogen and oxygen atoms in total. The predicted molar refractivity (Wildman–Crippen MR) is 96.8 cm³/mol. The SMILES string of the molecule is Cc1cc2ncn(CCCNCCc3ccccc3)c2cc1C. The topological polar surface area (TPSA) is 29.9 Å². The van der Waals surface area contributed by atoms with Gasteiger partial charge < -0.3 is 9.88 Å². The van der Waals surface area contributed by atoms with Gasteiger partial charge in [0.2, 0.25) is 0 Å². The summed E-state index contributed by atoms with van der Waals surface area (Å²) in [6, 6.07) is 15.1. The van der Waals surface area contributed by atoms with Crippen molar-refractivity contribution in [2.45, 2.75) is 33.2 Å². The van der Waals surface area contributed by atoms with Crippen LogP contribution in [-0.4, -0.2) is 22.6 Å². The Kier molecular flexibility index (Phi) is 5.09. The fourth-order valence-electron chi connectivity index (χ4n) is 2.87. The van der Waals surface area contributed by atoms with Crippen molar-refractivity contribution in [3.63, 3.8) is 0 Å². The highest BCUT2D eigenvalue weighted by Crippen LogP contribution is 2.18. The lowest BCUT2D eigenvalue weighted by atomic mass is 10.1. The summed E-state index contributed by atoms with van der Waals surface area (Å²) in [6.07, 6.45) is 4.17. The molecule has 0 aliphatic heterocycles. The third-order valence-corrected chi connectivity index (χ3v) is 4.42. The second-order valence-electron chi connectivity index (χ2n) is 6.20. The molecule has 0 aliphatic carbocycles. The van der Waals surface area contributed by atoms with Crippen LogP contribution in [0, 0.1) is 13.8 Å². The Bertz CT molecular complexity index is 759. The Hall–Kier alpha value is -2.13. The molecule has 120 valence electrons. The van der Waals surface area contributed by atoms with E-state index in [1.807, 2.05) is 6.33 Å². The summed E-state index contributed by atoms with van der Waals surface area (Å²) < 4.78 is 2.26. The molecule has 0 fully saturated rings. The van der Waals surface area contributed by atoms with Gasteiger partial charge in [0.15, 0.2) is 0 Å². The zero-order valence-electron chi connectivity index (χ0n) is 14.0. The Balaban J connectivity index is 1.45. The van der Waals surface area contributed by atoms with Crippen LogP contribution in [0.15, 0.2) is 48.8 Å². The number of nitrogens with one attached hydrogen (secondary N) is 1.